The van der Waals surface area contributed by atoms with Gasteiger partial charge in [0.05, 0.1) is 12.9 Å². The summed E-state index contributed by atoms with van der Waals surface area (Å²) >= 11 is 0. The maximum atomic E-state index is 5.99. The van der Waals surface area contributed by atoms with Gasteiger partial charge in [-0.25, -0.2) is 4.98 Å². The summed E-state index contributed by atoms with van der Waals surface area (Å²) in [5.74, 6) is 0.387. The zero-order valence-corrected chi connectivity index (χ0v) is 15.5. The average molecular weight is 333 g/mol. The first-order chi connectivity index (χ1) is 11.4. The predicted octanol–water partition coefficient (Wildman–Crippen LogP) is 4.19. The van der Waals surface area contributed by atoms with E-state index in [4.69, 9.17) is 10.5 Å². The van der Waals surface area contributed by atoms with E-state index < -0.39 is 0 Å². The quantitative estimate of drug-likeness (QED) is 0.696. The maximum Gasteiger partial charge on any atom is 0.320 e. The van der Waals surface area contributed by atoms with Crippen molar-refractivity contribution in [3.8, 4) is 6.01 Å². The molecule has 0 fully saturated rings. The first kappa shape index (κ1) is 18.5. The molecule has 0 saturated heterocycles. The number of imidazole rings is 1. The molecule has 2 rings (SSSR count). The van der Waals surface area contributed by atoms with E-state index >= 15 is 0 Å². The van der Waals surface area contributed by atoms with Crippen molar-refractivity contribution in [3.63, 3.8) is 0 Å². The van der Waals surface area contributed by atoms with E-state index in [1.807, 2.05) is 0 Å². The monoisotopic (exact) mass is 333 g/mol. The van der Waals surface area contributed by atoms with Crippen LogP contribution in [-0.4, -0.2) is 26.1 Å². The number of ether oxygens (including phenoxy) is 1. The van der Waals surface area contributed by atoms with E-state index in [9.17, 15) is 0 Å². The number of hydrogen-bond acceptors (Lipinski definition) is 5. The summed E-state index contributed by atoms with van der Waals surface area (Å²) in [6.45, 7) is 10.5. The highest BCUT2D eigenvalue weighted by Crippen LogP contribution is 2.23. The predicted molar refractivity (Wildman–Crippen MR) is 98.1 cm³/mol. The van der Waals surface area contributed by atoms with Crippen molar-refractivity contribution in [2.75, 3.05) is 12.3 Å². The number of aromatic nitrogens is 4. The summed E-state index contributed by atoms with van der Waals surface area (Å²) in [6, 6.07) is 0.350. The molecule has 0 saturated carbocycles. The van der Waals surface area contributed by atoms with Crippen LogP contribution in [0.4, 0.5) is 5.82 Å². The molecule has 2 N–H and O–H groups in total. The minimum atomic E-state index is 0.350. The number of nitrogens with two attached hydrogens (primary N) is 1. The molecule has 2 aromatic heterocycles. The van der Waals surface area contributed by atoms with Crippen LogP contribution in [0.5, 0.6) is 6.01 Å². The highest BCUT2D eigenvalue weighted by atomic mass is 16.5. The molecule has 2 heterocycles. The van der Waals surface area contributed by atoms with Crippen LogP contribution in [0.25, 0.3) is 11.2 Å². The van der Waals surface area contributed by atoms with Crippen LogP contribution in [-0.2, 0) is 6.54 Å². The van der Waals surface area contributed by atoms with Crippen molar-refractivity contribution < 1.29 is 4.74 Å². The van der Waals surface area contributed by atoms with Crippen LogP contribution in [0.1, 0.15) is 66.2 Å². The van der Waals surface area contributed by atoms with E-state index in [1.165, 1.54) is 19.3 Å². The molecule has 0 amide bonds. The molecule has 0 spiro atoms. The summed E-state index contributed by atoms with van der Waals surface area (Å²) in [7, 11) is 0. The molecule has 0 aromatic carbocycles. The molecule has 6 nitrogen and oxygen atoms in total. The molecule has 2 aromatic rings. The molecule has 0 unspecified atom stereocenters. The van der Waals surface area contributed by atoms with E-state index in [1.54, 1.807) is 6.33 Å². The molecule has 0 bridgehead atoms. The van der Waals surface area contributed by atoms with Crippen molar-refractivity contribution in [1.29, 1.82) is 0 Å². The fourth-order valence-corrected chi connectivity index (χ4v) is 2.60. The first-order valence-electron chi connectivity index (χ1n) is 9.02. The number of nitrogen functional groups attached to an aromatic ring is 1. The second-order valence-electron chi connectivity index (χ2n) is 7.57. The van der Waals surface area contributed by atoms with E-state index in [0.717, 1.165) is 31.5 Å². The van der Waals surface area contributed by atoms with Gasteiger partial charge in [0.25, 0.3) is 0 Å². The number of fused-ring (bicyclic) bond motifs is 1. The molecule has 0 atom stereocenters. The molecule has 6 heteroatoms. The van der Waals surface area contributed by atoms with Gasteiger partial charge >= 0.3 is 6.01 Å². The molecule has 0 radical (unpaired) electrons. The maximum absolute atomic E-state index is 5.99. The van der Waals surface area contributed by atoms with E-state index in [0.29, 0.717) is 29.4 Å². The summed E-state index contributed by atoms with van der Waals surface area (Å²) < 4.78 is 7.65. The third kappa shape index (κ3) is 5.35. The second-order valence-corrected chi connectivity index (χ2v) is 7.57. The standard InChI is InChI=1S/C18H31N5O/c1-5-6-12-24-17-21-15(19)14-16(22-17)23(13-20-14)11-9-7-8-10-18(2,3)4/h13H,5-12H2,1-4H3,(H2,19,21,22). The van der Waals surface area contributed by atoms with Gasteiger partial charge < -0.3 is 15.0 Å². The lowest BCUT2D eigenvalue weighted by Gasteiger charge is -2.17. The van der Waals surface area contributed by atoms with Crippen LogP contribution in [0, 0.1) is 5.41 Å². The summed E-state index contributed by atoms with van der Waals surface area (Å²) in [5, 5.41) is 0. The van der Waals surface area contributed by atoms with Crippen LogP contribution in [0.2, 0.25) is 0 Å². The lowest BCUT2D eigenvalue weighted by Crippen LogP contribution is -2.06. The molecule has 24 heavy (non-hydrogen) atoms. The second kappa shape index (κ2) is 8.31. The fraction of sp³-hybridized carbons (Fsp3) is 0.722. The van der Waals surface area contributed by atoms with Crippen LogP contribution >= 0.6 is 0 Å². The summed E-state index contributed by atoms with van der Waals surface area (Å²) in [5.41, 5.74) is 7.83. The van der Waals surface area contributed by atoms with Gasteiger partial charge in [-0.05, 0) is 24.7 Å². The Bertz CT molecular complexity index is 645. The molecular formula is C18H31N5O. The van der Waals surface area contributed by atoms with Gasteiger partial charge in [-0.1, -0.05) is 47.0 Å². The molecule has 0 aliphatic carbocycles. The normalized spacial score (nSPS) is 12.0. The SMILES string of the molecule is CCCCOc1nc(N)c2ncn(CCCCCC(C)(C)C)c2n1. The van der Waals surface area contributed by atoms with Crippen molar-refractivity contribution >= 4 is 17.0 Å². The Kier molecular flexibility index (Phi) is 6.40. The Morgan fingerprint density at radius 1 is 1.12 bits per heavy atom. The van der Waals surface area contributed by atoms with Crippen LogP contribution in [0.3, 0.4) is 0 Å². The molecule has 0 aliphatic heterocycles. The Morgan fingerprint density at radius 3 is 2.62 bits per heavy atom. The number of aryl methyl sites for hydroxylation is 1. The Balaban J connectivity index is 1.97. The fourth-order valence-electron chi connectivity index (χ4n) is 2.60. The van der Waals surface area contributed by atoms with Crippen molar-refractivity contribution in [2.24, 2.45) is 5.41 Å². The number of unbranched alkanes of at least 4 members (excludes halogenated alkanes) is 3. The lowest BCUT2D eigenvalue weighted by molar-refractivity contribution is 0.286. The zero-order chi connectivity index (χ0) is 17.6. The van der Waals surface area contributed by atoms with Crippen LogP contribution in [0.15, 0.2) is 6.33 Å². The number of nitrogens with zero attached hydrogens (tertiary/aromatic N) is 4. The average Bonchev–Trinajstić information content (AvgIpc) is 2.90. The van der Waals surface area contributed by atoms with E-state index in [-0.39, 0.29) is 0 Å². The number of anilines is 1. The van der Waals surface area contributed by atoms with Gasteiger partial charge in [0.1, 0.15) is 5.52 Å². The van der Waals surface area contributed by atoms with Gasteiger partial charge in [0, 0.05) is 6.54 Å². The molecular weight excluding hydrogens is 302 g/mol. The van der Waals surface area contributed by atoms with Gasteiger partial charge in [0.2, 0.25) is 0 Å². The minimum Gasteiger partial charge on any atom is -0.463 e. The van der Waals surface area contributed by atoms with E-state index in [2.05, 4.69) is 47.2 Å². The summed E-state index contributed by atoms with van der Waals surface area (Å²) in [4.78, 5) is 13.0. The minimum absolute atomic E-state index is 0.350. The topological polar surface area (TPSA) is 78.9 Å². The highest BCUT2D eigenvalue weighted by Gasteiger charge is 2.12. The van der Waals surface area contributed by atoms with Crippen molar-refractivity contribution in [3.05, 3.63) is 6.33 Å². The van der Waals surface area contributed by atoms with Crippen LogP contribution < -0.4 is 10.5 Å². The highest BCUT2D eigenvalue weighted by molar-refractivity contribution is 5.81. The summed E-state index contributed by atoms with van der Waals surface area (Å²) in [6.07, 6.45) is 8.67. The van der Waals surface area contributed by atoms with Gasteiger partial charge in [-0.3, -0.25) is 0 Å². The Morgan fingerprint density at radius 2 is 1.92 bits per heavy atom. The third-order valence-corrected chi connectivity index (χ3v) is 4.03. The molecule has 0 aliphatic rings. The van der Waals surface area contributed by atoms with Gasteiger partial charge in [-0.15, -0.1) is 0 Å². The lowest BCUT2D eigenvalue weighted by atomic mass is 9.89. The molecule has 134 valence electrons. The van der Waals surface area contributed by atoms with Gasteiger partial charge in [0.15, 0.2) is 11.5 Å². The third-order valence-electron chi connectivity index (χ3n) is 4.03. The van der Waals surface area contributed by atoms with Crippen molar-refractivity contribution in [2.45, 2.75) is 72.8 Å². The number of rotatable bonds is 9. The largest absolute Gasteiger partial charge is 0.463 e. The zero-order valence-electron chi connectivity index (χ0n) is 15.5. The van der Waals surface area contributed by atoms with Crippen molar-refractivity contribution in [1.82, 2.24) is 19.5 Å². The first-order valence-corrected chi connectivity index (χ1v) is 9.02. The Labute approximate surface area is 144 Å². The Hall–Kier alpha value is -1.85. The van der Waals surface area contributed by atoms with Gasteiger partial charge in [-0.2, -0.15) is 9.97 Å². The number of hydrogen-bond donors (Lipinski definition) is 1. The smallest absolute Gasteiger partial charge is 0.320 e.